The molecule has 1 N–H and O–H groups in total. The highest BCUT2D eigenvalue weighted by Gasteiger charge is 2.69. The second-order valence-corrected chi connectivity index (χ2v) is 7.75. The van der Waals surface area contributed by atoms with Gasteiger partial charge < -0.3 is 5.11 Å². The average molecular weight is 236 g/mol. The Balaban J connectivity index is 1.93. The van der Waals surface area contributed by atoms with Gasteiger partial charge in [0.1, 0.15) is 0 Å². The number of hydrogen-bond acceptors (Lipinski definition) is 1. The largest absolute Gasteiger partial charge is 0.389 e. The van der Waals surface area contributed by atoms with Crippen LogP contribution in [0.2, 0.25) is 0 Å². The summed E-state index contributed by atoms with van der Waals surface area (Å²) in [7, 11) is 0. The molecule has 1 nitrogen and oxygen atoms in total. The van der Waals surface area contributed by atoms with Gasteiger partial charge in [-0.05, 0) is 49.4 Å². The number of aliphatic hydroxyl groups is 1. The molecule has 17 heavy (non-hydrogen) atoms. The molecule has 3 rings (SSSR count). The zero-order chi connectivity index (χ0) is 12.3. The summed E-state index contributed by atoms with van der Waals surface area (Å²) in [5.41, 5.74) is 0.172. The van der Waals surface area contributed by atoms with Crippen LogP contribution in [-0.2, 0) is 0 Å². The van der Waals surface area contributed by atoms with E-state index in [-0.39, 0.29) is 11.0 Å². The van der Waals surface area contributed by atoms with E-state index in [0.29, 0.717) is 11.3 Å². The lowest BCUT2D eigenvalue weighted by atomic mass is 9.58. The molecule has 98 valence electrons. The quantitative estimate of drug-likeness (QED) is 0.725. The van der Waals surface area contributed by atoms with Crippen molar-refractivity contribution >= 4 is 0 Å². The van der Waals surface area contributed by atoms with Gasteiger partial charge in [-0.25, -0.2) is 0 Å². The lowest BCUT2D eigenvalue weighted by Crippen LogP contribution is -2.52. The molecule has 2 bridgehead atoms. The minimum atomic E-state index is -0.347. The molecule has 0 aromatic heterocycles. The van der Waals surface area contributed by atoms with Crippen LogP contribution in [0.1, 0.15) is 72.1 Å². The van der Waals surface area contributed by atoms with E-state index in [9.17, 15) is 5.11 Å². The van der Waals surface area contributed by atoms with E-state index in [2.05, 4.69) is 20.8 Å². The summed E-state index contributed by atoms with van der Waals surface area (Å²) in [6.07, 6.45) is 10.3. The summed E-state index contributed by atoms with van der Waals surface area (Å²) in [4.78, 5) is 0. The Kier molecular flexibility index (Phi) is 2.47. The van der Waals surface area contributed by atoms with Crippen molar-refractivity contribution in [2.75, 3.05) is 0 Å². The van der Waals surface area contributed by atoms with E-state index >= 15 is 0 Å². The SMILES string of the molecule is CC1(C)[C@@H]2CC[C@@]1(C)[C@](O)(C1CCCCC1)C2. The molecular weight excluding hydrogens is 208 g/mol. The summed E-state index contributed by atoms with van der Waals surface area (Å²) in [5, 5.41) is 11.4. The van der Waals surface area contributed by atoms with Crippen LogP contribution in [-0.4, -0.2) is 10.7 Å². The normalized spacial score (nSPS) is 49.8. The van der Waals surface area contributed by atoms with Crippen LogP contribution in [0, 0.1) is 22.7 Å². The van der Waals surface area contributed by atoms with Crippen LogP contribution in [0.4, 0.5) is 0 Å². The number of fused-ring (bicyclic) bond motifs is 2. The molecule has 0 heterocycles. The molecule has 3 fully saturated rings. The van der Waals surface area contributed by atoms with Gasteiger partial charge in [-0.2, -0.15) is 0 Å². The summed E-state index contributed by atoms with van der Waals surface area (Å²) in [5.74, 6) is 1.35. The van der Waals surface area contributed by atoms with Crippen molar-refractivity contribution < 1.29 is 5.11 Å². The third-order valence-corrected chi connectivity index (χ3v) is 7.23. The molecule has 3 atom stereocenters. The Morgan fingerprint density at radius 2 is 1.53 bits per heavy atom. The van der Waals surface area contributed by atoms with E-state index in [1.165, 1.54) is 44.9 Å². The van der Waals surface area contributed by atoms with E-state index in [1.54, 1.807) is 0 Å². The van der Waals surface area contributed by atoms with Gasteiger partial charge in [-0.3, -0.25) is 0 Å². The summed E-state index contributed by atoms with van der Waals surface area (Å²) in [6, 6.07) is 0. The average Bonchev–Trinajstić information content (AvgIpc) is 2.62. The molecule has 0 aromatic rings. The van der Waals surface area contributed by atoms with Crippen LogP contribution in [0.15, 0.2) is 0 Å². The van der Waals surface area contributed by atoms with Crippen molar-refractivity contribution in [2.24, 2.45) is 22.7 Å². The highest BCUT2D eigenvalue weighted by molar-refractivity contribution is 5.19. The highest BCUT2D eigenvalue weighted by Crippen LogP contribution is 2.72. The Morgan fingerprint density at radius 3 is 2.00 bits per heavy atom. The van der Waals surface area contributed by atoms with Crippen molar-refractivity contribution in [1.29, 1.82) is 0 Å². The van der Waals surface area contributed by atoms with Crippen LogP contribution in [0.3, 0.4) is 0 Å². The predicted octanol–water partition coefficient (Wildman–Crippen LogP) is 4.14. The van der Waals surface area contributed by atoms with Gasteiger partial charge in [-0.15, -0.1) is 0 Å². The van der Waals surface area contributed by atoms with Crippen molar-refractivity contribution in [2.45, 2.75) is 77.7 Å². The van der Waals surface area contributed by atoms with Gasteiger partial charge in [-0.1, -0.05) is 40.0 Å². The zero-order valence-electron chi connectivity index (χ0n) is 11.8. The molecule has 0 aromatic carbocycles. The second kappa shape index (κ2) is 3.50. The Bertz CT molecular complexity index is 315. The molecule has 3 aliphatic rings. The third-order valence-electron chi connectivity index (χ3n) is 7.23. The smallest absolute Gasteiger partial charge is 0.0737 e. The lowest BCUT2D eigenvalue weighted by Gasteiger charge is -2.50. The standard InChI is InChI=1S/C16H28O/c1-14(2)13-9-10-15(14,3)16(17,11-13)12-7-5-4-6-8-12/h12-13,17H,4-11H2,1-3H3/t13-,15-,16-/m1/s1. The van der Waals surface area contributed by atoms with Crippen molar-refractivity contribution in [3.63, 3.8) is 0 Å². The third kappa shape index (κ3) is 1.30. The Morgan fingerprint density at radius 1 is 0.882 bits per heavy atom. The van der Waals surface area contributed by atoms with E-state index in [4.69, 9.17) is 0 Å². The predicted molar refractivity (Wildman–Crippen MR) is 70.8 cm³/mol. The van der Waals surface area contributed by atoms with Gasteiger partial charge in [0.05, 0.1) is 5.60 Å². The molecular formula is C16H28O. The van der Waals surface area contributed by atoms with Crippen molar-refractivity contribution in [3.05, 3.63) is 0 Å². The lowest BCUT2D eigenvalue weighted by molar-refractivity contribution is -0.137. The second-order valence-electron chi connectivity index (χ2n) is 7.75. The van der Waals surface area contributed by atoms with Crippen LogP contribution in [0.5, 0.6) is 0 Å². The number of hydrogen-bond donors (Lipinski definition) is 1. The minimum absolute atomic E-state index is 0.173. The molecule has 0 radical (unpaired) electrons. The van der Waals surface area contributed by atoms with Crippen molar-refractivity contribution in [3.8, 4) is 0 Å². The molecule has 3 saturated carbocycles. The van der Waals surface area contributed by atoms with Gasteiger partial charge in [0.2, 0.25) is 0 Å². The van der Waals surface area contributed by atoms with Crippen LogP contribution >= 0.6 is 0 Å². The van der Waals surface area contributed by atoms with E-state index < -0.39 is 0 Å². The van der Waals surface area contributed by atoms with Crippen LogP contribution in [0.25, 0.3) is 0 Å². The number of rotatable bonds is 1. The fourth-order valence-corrected chi connectivity index (χ4v) is 5.53. The van der Waals surface area contributed by atoms with Gasteiger partial charge >= 0.3 is 0 Å². The maximum atomic E-state index is 11.4. The first-order valence-electron chi connectivity index (χ1n) is 7.64. The highest BCUT2D eigenvalue weighted by atomic mass is 16.3. The Hall–Kier alpha value is -0.0400. The van der Waals surface area contributed by atoms with Gasteiger partial charge in [0.15, 0.2) is 0 Å². The fourth-order valence-electron chi connectivity index (χ4n) is 5.53. The summed E-state index contributed by atoms with van der Waals surface area (Å²) >= 11 is 0. The molecule has 0 aliphatic heterocycles. The summed E-state index contributed by atoms with van der Waals surface area (Å²) < 4.78 is 0. The molecule has 3 aliphatic carbocycles. The molecule has 0 spiro atoms. The first-order valence-corrected chi connectivity index (χ1v) is 7.64. The molecule has 1 heteroatoms. The monoisotopic (exact) mass is 236 g/mol. The first kappa shape index (κ1) is 12.0. The zero-order valence-corrected chi connectivity index (χ0v) is 11.8. The van der Waals surface area contributed by atoms with Gasteiger partial charge in [0, 0.05) is 5.41 Å². The first-order chi connectivity index (χ1) is 7.92. The van der Waals surface area contributed by atoms with Gasteiger partial charge in [0.25, 0.3) is 0 Å². The van der Waals surface area contributed by atoms with Crippen molar-refractivity contribution in [1.82, 2.24) is 0 Å². The molecule has 0 unspecified atom stereocenters. The molecule has 0 saturated heterocycles. The van der Waals surface area contributed by atoms with E-state index in [0.717, 1.165) is 12.3 Å². The topological polar surface area (TPSA) is 20.2 Å². The summed E-state index contributed by atoms with van der Waals surface area (Å²) in [6.45, 7) is 7.20. The minimum Gasteiger partial charge on any atom is -0.389 e. The van der Waals surface area contributed by atoms with E-state index in [1.807, 2.05) is 0 Å². The Labute approximate surface area is 106 Å². The van der Waals surface area contributed by atoms with Crippen LogP contribution < -0.4 is 0 Å². The fraction of sp³-hybridized carbons (Fsp3) is 1.00. The molecule has 0 amide bonds. The maximum Gasteiger partial charge on any atom is 0.0737 e. The maximum absolute atomic E-state index is 11.4.